The van der Waals surface area contributed by atoms with Gasteiger partial charge in [-0.15, -0.1) is 0 Å². The van der Waals surface area contributed by atoms with Gasteiger partial charge in [0.15, 0.2) is 0 Å². The van der Waals surface area contributed by atoms with Gasteiger partial charge in [0, 0.05) is 29.8 Å². The molecule has 6 nitrogen and oxygen atoms in total. The molecule has 1 aromatic carbocycles. The lowest BCUT2D eigenvalue weighted by Gasteiger charge is -2.56. The van der Waals surface area contributed by atoms with Crippen molar-refractivity contribution in [1.82, 2.24) is 4.90 Å². The summed E-state index contributed by atoms with van der Waals surface area (Å²) in [4.78, 5) is 26.5. The molecule has 1 amide bonds. The van der Waals surface area contributed by atoms with E-state index in [2.05, 4.69) is 0 Å². The van der Waals surface area contributed by atoms with Crippen LogP contribution in [0.4, 0.5) is 5.69 Å². The third-order valence-electron chi connectivity index (χ3n) is 7.54. The summed E-state index contributed by atoms with van der Waals surface area (Å²) >= 11 is 7.02. The highest BCUT2D eigenvalue weighted by atomic mass is 32.2. The minimum Gasteiger partial charge on any atom is -0.457 e. The van der Waals surface area contributed by atoms with E-state index in [-0.39, 0.29) is 17.6 Å². The van der Waals surface area contributed by atoms with E-state index in [1.807, 2.05) is 4.90 Å². The van der Waals surface area contributed by atoms with Crippen LogP contribution in [0.3, 0.4) is 0 Å². The number of amides is 1. The molecule has 164 valence electrons. The Morgan fingerprint density at radius 3 is 2.50 bits per heavy atom. The molecule has 7 rings (SSSR count). The van der Waals surface area contributed by atoms with Crippen molar-refractivity contribution >= 4 is 46.0 Å². The molecule has 1 saturated heterocycles. The Morgan fingerprint density at radius 1 is 1.09 bits per heavy atom. The maximum Gasteiger partial charge on any atom is 0.270 e. The van der Waals surface area contributed by atoms with Gasteiger partial charge in [-0.1, -0.05) is 36.1 Å². The molecule has 0 radical (unpaired) electrons. The van der Waals surface area contributed by atoms with Gasteiger partial charge in [-0.25, -0.2) is 0 Å². The number of hydrogen-bond donors (Lipinski definition) is 0. The summed E-state index contributed by atoms with van der Waals surface area (Å²) in [5, 5.41) is 11.0. The molecule has 0 spiro atoms. The van der Waals surface area contributed by atoms with E-state index < -0.39 is 4.92 Å². The standard InChI is InChI=1S/C24H22N2O4S2/c27-23-21(12-19-4-5-20(30-19)15-2-1-3-18(11-15)26(28)29)32-24(31)25(23)22-16-7-13-6-14(9-16)10-17(22)8-13/h1-5,11-14,16-17,22H,6-10H2/b21-12-. The zero-order valence-corrected chi connectivity index (χ0v) is 18.9. The van der Waals surface area contributed by atoms with Crippen LogP contribution in [0.2, 0.25) is 0 Å². The lowest BCUT2D eigenvalue weighted by atomic mass is 9.54. The number of carbonyl (C=O) groups excluding carboxylic acids is 1. The van der Waals surface area contributed by atoms with Crippen LogP contribution in [0.15, 0.2) is 45.7 Å². The minimum atomic E-state index is -0.428. The topological polar surface area (TPSA) is 76.6 Å². The SMILES string of the molecule is O=C1/C(=C/c2ccc(-c3cccc([N+](=O)[O-])c3)o2)SC(=S)N1C1C2CC3CC(C2)CC1C3. The van der Waals surface area contributed by atoms with Crippen LogP contribution in [0.5, 0.6) is 0 Å². The molecular weight excluding hydrogens is 444 g/mol. The molecule has 0 unspecified atom stereocenters. The first kappa shape index (κ1) is 20.2. The number of hydrogen-bond acceptors (Lipinski definition) is 6. The van der Waals surface area contributed by atoms with E-state index >= 15 is 0 Å². The van der Waals surface area contributed by atoms with Crippen LogP contribution in [0.1, 0.15) is 37.9 Å². The number of nitro benzene ring substituents is 1. The number of thioether (sulfide) groups is 1. The molecular formula is C24H22N2O4S2. The van der Waals surface area contributed by atoms with Gasteiger partial charge in [0.05, 0.1) is 9.83 Å². The maximum atomic E-state index is 13.4. The number of nitrogens with zero attached hydrogens (tertiary/aromatic N) is 2. The summed E-state index contributed by atoms with van der Waals surface area (Å²) in [6, 6.07) is 10.1. The van der Waals surface area contributed by atoms with Crippen LogP contribution in [0, 0.1) is 33.8 Å². The fraction of sp³-hybridized carbons (Fsp3) is 0.417. The van der Waals surface area contributed by atoms with E-state index in [1.165, 1.54) is 56.0 Å². The first-order chi connectivity index (χ1) is 15.5. The highest BCUT2D eigenvalue weighted by molar-refractivity contribution is 8.26. The third-order valence-corrected chi connectivity index (χ3v) is 8.87. The Balaban J connectivity index is 1.24. The van der Waals surface area contributed by atoms with Gasteiger partial charge in [-0.3, -0.25) is 19.8 Å². The molecule has 2 heterocycles. The quantitative estimate of drug-likeness (QED) is 0.242. The highest BCUT2D eigenvalue weighted by Crippen LogP contribution is 2.56. The van der Waals surface area contributed by atoms with Gasteiger partial charge in [-0.2, -0.15) is 0 Å². The van der Waals surface area contributed by atoms with E-state index in [4.69, 9.17) is 16.6 Å². The van der Waals surface area contributed by atoms with Crippen LogP contribution in [-0.4, -0.2) is 26.1 Å². The maximum absolute atomic E-state index is 13.4. The molecule has 0 atom stereocenters. The predicted octanol–water partition coefficient (Wildman–Crippen LogP) is 5.88. The summed E-state index contributed by atoms with van der Waals surface area (Å²) in [7, 11) is 0. The molecule has 1 aromatic heterocycles. The lowest BCUT2D eigenvalue weighted by Crippen LogP contribution is -2.57. The number of carbonyl (C=O) groups is 1. The fourth-order valence-electron chi connectivity index (χ4n) is 6.54. The molecule has 32 heavy (non-hydrogen) atoms. The average molecular weight is 467 g/mol. The summed E-state index contributed by atoms with van der Waals surface area (Å²) in [6.45, 7) is 0. The fourth-order valence-corrected chi connectivity index (χ4v) is 7.87. The summed E-state index contributed by atoms with van der Waals surface area (Å²) in [5.74, 6) is 3.91. The number of nitro groups is 1. The molecule has 5 fully saturated rings. The molecule has 5 aliphatic rings. The molecule has 4 bridgehead atoms. The van der Waals surface area contributed by atoms with Crippen LogP contribution >= 0.6 is 24.0 Å². The molecule has 1 aliphatic heterocycles. The molecule has 0 N–H and O–H groups in total. The Bertz CT molecular complexity index is 1140. The van der Waals surface area contributed by atoms with Crippen molar-refractivity contribution < 1.29 is 14.1 Å². The predicted molar refractivity (Wildman–Crippen MR) is 127 cm³/mol. The number of thiocarbonyl (C=S) groups is 1. The van der Waals surface area contributed by atoms with Crippen LogP contribution in [0.25, 0.3) is 17.4 Å². The Hall–Kier alpha value is -2.45. The molecule has 4 aliphatic carbocycles. The number of benzene rings is 1. The summed E-state index contributed by atoms with van der Waals surface area (Å²) in [5.41, 5.74) is 0.636. The second kappa shape index (κ2) is 7.56. The summed E-state index contributed by atoms with van der Waals surface area (Å²) in [6.07, 6.45) is 8.06. The molecule has 8 heteroatoms. The van der Waals surface area contributed by atoms with Gasteiger partial charge in [0.2, 0.25) is 0 Å². The largest absolute Gasteiger partial charge is 0.457 e. The van der Waals surface area contributed by atoms with Gasteiger partial charge < -0.3 is 4.42 Å². The van der Waals surface area contributed by atoms with Gasteiger partial charge in [0.1, 0.15) is 15.8 Å². The first-order valence-electron chi connectivity index (χ1n) is 11.1. The smallest absolute Gasteiger partial charge is 0.270 e. The zero-order chi connectivity index (χ0) is 22.0. The van der Waals surface area contributed by atoms with Gasteiger partial charge in [0.25, 0.3) is 11.6 Å². The van der Waals surface area contributed by atoms with E-state index in [1.54, 1.807) is 30.3 Å². The normalized spacial score (nSPS) is 32.3. The second-order valence-electron chi connectivity index (χ2n) is 9.48. The first-order valence-corrected chi connectivity index (χ1v) is 12.3. The molecule has 4 saturated carbocycles. The van der Waals surface area contributed by atoms with Crippen molar-refractivity contribution in [2.45, 2.75) is 38.1 Å². The van der Waals surface area contributed by atoms with Crippen LogP contribution in [-0.2, 0) is 4.79 Å². The number of rotatable bonds is 4. The van der Waals surface area contributed by atoms with Crippen molar-refractivity contribution in [1.29, 1.82) is 0 Å². The van der Waals surface area contributed by atoms with E-state index in [0.29, 0.717) is 38.1 Å². The van der Waals surface area contributed by atoms with Crippen molar-refractivity contribution in [2.75, 3.05) is 0 Å². The van der Waals surface area contributed by atoms with Crippen molar-refractivity contribution in [3.8, 4) is 11.3 Å². The minimum absolute atomic E-state index is 0.00854. The average Bonchev–Trinajstić information content (AvgIpc) is 3.33. The molecule has 2 aromatic rings. The highest BCUT2D eigenvalue weighted by Gasteiger charge is 2.53. The zero-order valence-electron chi connectivity index (χ0n) is 17.3. The van der Waals surface area contributed by atoms with Crippen molar-refractivity contribution in [3.63, 3.8) is 0 Å². The van der Waals surface area contributed by atoms with Crippen molar-refractivity contribution in [2.24, 2.45) is 23.7 Å². The van der Waals surface area contributed by atoms with E-state index in [0.717, 1.165) is 11.8 Å². The third kappa shape index (κ3) is 3.31. The second-order valence-corrected chi connectivity index (χ2v) is 11.2. The van der Waals surface area contributed by atoms with E-state index in [9.17, 15) is 14.9 Å². The van der Waals surface area contributed by atoms with Gasteiger partial charge >= 0.3 is 0 Å². The Labute approximate surface area is 195 Å². The summed E-state index contributed by atoms with van der Waals surface area (Å²) < 4.78 is 6.56. The number of non-ortho nitro benzene ring substituents is 1. The Kier molecular flexibility index (Phi) is 4.76. The Morgan fingerprint density at radius 2 is 1.81 bits per heavy atom. The van der Waals surface area contributed by atoms with Crippen molar-refractivity contribution in [3.05, 3.63) is 57.2 Å². The van der Waals surface area contributed by atoms with Crippen LogP contribution < -0.4 is 0 Å². The monoisotopic (exact) mass is 466 g/mol. The van der Waals surface area contributed by atoms with Gasteiger partial charge in [-0.05, 0) is 67.9 Å². The lowest BCUT2D eigenvalue weighted by molar-refractivity contribution is -0.384. The number of furan rings is 1.